The number of pyridine rings is 1. The van der Waals surface area contributed by atoms with E-state index >= 15 is 0 Å². The minimum atomic E-state index is 0.976. The summed E-state index contributed by atoms with van der Waals surface area (Å²) in [6.45, 7) is 0. The number of para-hydroxylation sites is 2. The van der Waals surface area contributed by atoms with E-state index < -0.39 is 0 Å². The van der Waals surface area contributed by atoms with E-state index in [2.05, 4.69) is 173 Å². The Morgan fingerprint density at radius 2 is 0.977 bits per heavy atom. The molecule has 0 fully saturated rings. The largest absolute Gasteiger partial charge is 0.309 e. The van der Waals surface area contributed by atoms with Crippen LogP contribution in [0.4, 0.5) is 0 Å². The Labute approximate surface area is 254 Å². The first-order chi connectivity index (χ1) is 21.8. The first kappa shape index (κ1) is 24.6. The van der Waals surface area contributed by atoms with E-state index in [0.717, 1.165) is 50.2 Å². The molecule has 3 nitrogen and oxygen atoms in total. The van der Waals surface area contributed by atoms with Gasteiger partial charge in [0.2, 0.25) is 0 Å². The molecule has 3 aromatic heterocycles. The highest BCUT2D eigenvalue weighted by Crippen LogP contribution is 2.42. The molecule has 0 aliphatic heterocycles. The van der Waals surface area contributed by atoms with Gasteiger partial charge in [-0.3, -0.25) is 0 Å². The minimum absolute atomic E-state index is 0.976. The summed E-state index contributed by atoms with van der Waals surface area (Å²) in [4.78, 5) is 0. The smallest absolute Gasteiger partial charge is 0.101 e. The molecule has 9 aromatic rings. The van der Waals surface area contributed by atoms with E-state index in [1.54, 1.807) is 0 Å². The highest BCUT2D eigenvalue weighted by atomic mass is 15.2. The van der Waals surface area contributed by atoms with Crippen LogP contribution in [0.1, 0.15) is 0 Å². The standard InChI is InChI=1S/C41H27N3/c1-4-14-28(15-5-1)38-26-31-24-25-32(43-36-22-12-10-20-33(36)34-21-11-13-23-37(34)43)27-35(31)41-39(29-16-6-2-7-17-29)40(42-44(38)41)30-18-8-3-9-19-30/h1-27H. The number of fused-ring (bicyclic) bond motifs is 6. The monoisotopic (exact) mass is 561 g/mol. The normalized spacial score (nSPS) is 11.6. The first-order valence-electron chi connectivity index (χ1n) is 15.0. The van der Waals surface area contributed by atoms with Gasteiger partial charge < -0.3 is 4.57 Å². The van der Waals surface area contributed by atoms with Crippen molar-refractivity contribution in [2.45, 2.75) is 0 Å². The van der Waals surface area contributed by atoms with Gasteiger partial charge in [0, 0.05) is 38.5 Å². The summed E-state index contributed by atoms with van der Waals surface area (Å²) in [7, 11) is 0. The molecule has 0 atom stereocenters. The van der Waals surface area contributed by atoms with E-state index in [1.165, 1.54) is 27.2 Å². The molecular formula is C41H27N3. The molecule has 3 heterocycles. The Kier molecular flexibility index (Phi) is 5.50. The van der Waals surface area contributed by atoms with Crippen molar-refractivity contribution < 1.29 is 0 Å². The van der Waals surface area contributed by atoms with Gasteiger partial charge in [-0.15, -0.1) is 0 Å². The van der Waals surface area contributed by atoms with Crippen molar-refractivity contribution in [2.75, 3.05) is 0 Å². The molecule has 0 unspecified atom stereocenters. The molecule has 9 rings (SSSR count). The molecule has 0 aliphatic carbocycles. The van der Waals surface area contributed by atoms with Crippen LogP contribution in [0.2, 0.25) is 0 Å². The molecular weight excluding hydrogens is 534 g/mol. The van der Waals surface area contributed by atoms with Crippen molar-refractivity contribution in [2.24, 2.45) is 0 Å². The van der Waals surface area contributed by atoms with Crippen molar-refractivity contribution in [1.82, 2.24) is 14.2 Å². The topological polar surface area (TPSA) is 22.2 Å². The predicted octanol–water partition coefficient (Wildman–Crippen LogP) is 10.6. The fraction of sp³-hybridized carbons (Fsp3) is 0. The predicted molar refractivity (Wildman–Crippen MR) is 183 cm³/mol. The molecule has 6 aromatic carbocycles. The van der Waals surface area contributed by atoms with Gasteiger partial charge in [0.05, 0.1) is 22.2 Å². The number of rotatable bonds is 4. The Morgan fingerprint density at radius 1 is 0.432 bits per heavy atom. The van der Waals surface area contributed by atoms with Gasteiger partial charge >= 0.3 is 0 Å². The van der Waals surface area contributed by atoms with E-state index in [4.69, 9.17) is 5.10 Å². The third kappa shape index (κ3) is 3.73. The van der Waals surface area contributed by atoms with Crippen molar-refractivity contribution in [1.29, 1.82) is 0 Å². The number of nitrogens with zero attached hydrogens (tertiary/aromatic N) is 3. The van der Waals surface area contributed by atoms with Gasteiger partial charge in [0.1, 0.15) is 5.69 Å². The lowest BCUT2D eigenvalue weighted by Crippen LogP contribution is -1.98. The van der Waals surface area contributed by atoms with Gasteiger partial charge in [-0.25, -0.2) is 4.52 Å². The average molecular weight is 562 g/mol. The average Bonchev–Trinajstić information content (AvgIpc) is 3.66. The second-order valence-electron chi connectivity index (χ2n) is 11.3. The maximum Gasteiger partial charge on any atom is 0.101 e. The van der Waals surface area contributed by atoms with E-state index in [0.29, 0.717) is 0 Å². The summed E-state index contributed by atoms with van der Waals surface area (Å²) in [6.07, 6.45) is 0. The number of hydrogen-bond acceptors (Lipinski definition) is 1. The van der Waals surface area contributed by atoms with E-state index in [1.807, 2.05) is 0 Å². The summed E-state index contributed by atoms with van der Waals surface area (Å²) >= 11 is 0. The third-order valence-electron chi connectivity index (χ3n) is 8.72. The van der Waals surface area contributed by atoms with Crippen LogP contribution in [0.5, 0.6) is 0 Å². The molecule has 0 saturated heterocycles. The summed E-state index contributed by atoms with van der Waals surface area (Å²) in [5.74, 6) is 0. The molecule has 0 amide bonds. The minimum Gasteiger partial charge on any atom is -0.309 e. The van der Waals surface area contributed by atoms with Gasteiger partial charge in [0.15, 0.2) is 0 Å². The molecule has 0 spiro atoms. The molecule has 44 heavy (non-hydrogen) atoms. The molecule has 0 saturated carbocycles. The Bertz CT molecular complexity index is 2420. The van der Waals surface area contributed by atoms with Gasteiger partial charge in [-0.1, -0.05) is 133 Å². The number of hydrogen-bond donors (Lipinski definition) is 0. The molecule has 0 bridgehead atoms. The fourth-order valence-electron chi connectivity index (χ4n) is 6.76. The summed E-state index contributed by atoms with van der Waals surface area (Å²) in [5, 5.41) is 10.2. The maximum absolute atomic E-state index is 5.39. The zero-order valence-corrected chi connectivity index (χ0v) is 23.9. The van der Waals surface area contributed by atoms with Crippen molar-refractivity contribution in [3.05, 3.63) is 164 Å². The lowest BCUT2D eigenvalue weighted by Gasteiger charge is -2.13. The lowest BCUT2D eigenvalue weighted by molar-refractivity contribution is 0.979. The highest BCUT2D eigenvalue weighted by Gasteiger charge is 2.22. The highest BCUT2D eigenvalue weighted by molar-refractivity contribution is 6.11. The van der Waals surface area contributed by atoms with Crippen molar-refractivity contribution in [3.63, 3.8) is 0 Å². The molecule has 0 aliphatic rings. The van der Waals surface area contributed by atoms with Crippen LogP contribution in [0.3, 0.4) is 0 Å². The van der Waals surface area contributed by atoms with Crippen LogP contribution in [0, 0.1) is 0 Å². The number of benzene rings is 6. The van der Waals surface area contributed by atoms with Gasteiger partial charge in [0.25, 0.3) is 0 Å². The van der Waals surface area contributed by atoms with Gasteiger partial charge in [-0.2, -0.15) is 5.10 Å². The summed E-state index contributed by atoms with van der Waals surface area (Å²) in [6, 6.07) is 58.3. The zero-order chi connectivity index (χ0) is 29.0. The van der Waals surface area contributed by atoms with Crippen LogP contribution in [-0.4, -0.2) is 14.2 Å². The van der Waals surface area contributed by atoms with E-state index in [9.17, 15) is 0 Å². The second-order valence-corrected chi connectivity index (χ2v) is 11.3. The first-order valence-corrected chi connectivity index (χ1v) is 15.0. The van der Waals surface area contributed by atoms with Crippen LogP contribution < -0.4 is 0 Å². The fourth-order valence-corrected chi connectivity index (χ4v) is 6.76. The number of aromatic nitrogens is 3. The molecule has 0 radical (unpaired) electrons. The maximum atomic E-state index is 5.39. The SMILES string of the molecule is c1ccc(-c2nn3c(-c4ccccc4)cc4ccc(-n5c6ccccc6c6ccccc65)cc4c3c2-c2ccccc2)cc1. The third-order valence-corrected chi connectivity index (χ3v) is 8.72. The molecule has 3 heteroatoms. The molecule has 206 valence electrons. The Balaban J connectivity index is 1.44. The van der Waals surface area contributed by atoms with Crippen molar-refractivity contribution >= 4 is 38.1 Å². The quantitative estimate of drug-likeness (QED) is 0.209. The van der Waals surface area contributed by atoms with Crippen LogP contribution in [0.15, 0.2) is 164 Å². The van der Waals surface area contributed by atoms with E-state index in [-0.39, 0.29) is 0 Å². The second kappa shape index (κ2) is 9.82. The van der Waals surface area contributed by atoms with Gasteiger partial charge in [-0.05, 0) is 41.3 Å². The zero-order valence-electron chi connectivity index (χ0n) is 23.9. The van der Waals surface area contributed by atoms with Crippen LogP contribution >= 0.6 is 0 Å². The summed E-state index contributed by atoms with van der Waals surface area (Å²) in [5.41, 5.74) is 11.2. The Morgan fingerprint density at radius 3 is 1.61 bits per heavy atom. The van der Waals surface area contributed by atoms with Crippen molar-refractivity contribution in [3.8, 4) is 39.3 Å². The Hall–Kier alpha value is -5.93. The lowest BCUT2D eigenvalue weighted by atomic mass is 9.96. The van der Waals surface area contributed by atoms with Crippen LogP contribution in [0.25, 0.3) is 77.4 Å². The van der Waals surface area contributed by atoms with Crippen LogP contribution in [-0.2, 0) is 0 Å². The summed E-state index contributed by atoms with van der Waals surface area (Å²) < 4.78 is 4.56. The molecule has 0 N–H and O–H groups in total.